The number of hydrogen-bond donors (Lipinski definition) is 1. The van der Waals surface area contributed by atoms with Crippen LogP contribution in [0, 0.1) is 0 Å². The summed E-state index contributed by atoms with van der Waals surface area (Å²) in [6, 6.07) is 39.4. The molecule has 4 aromatic carbocycles. The summed E-state index contributed by atoms with van der Waals surface area (Å²) in [7, 11) is 0. The predicted octanol–water partition coefficient (Wildman–Crippen LogP) is 8.53. The first-order valence-electron chi connectivity index (χ1n) is 11.6. The number of aromatic nitrogens is 1. The molecule has 0 saturated heterocycles. The maximum absolute atomic E-state index is 5.93. The van der Waals surface area contributed by atoms with E-state index in [0.717, 1.165) is 61.6 Å². The van der Waals surface area contributed by atoms with Crippen molar-refractivity contribution in [2.24, 2.45) is 0 Å². The molecule has 5 aromatic rings. The van der Waals surface area contributed by atoms with Crippen LogP contribution < -0.4 is 5.73 Å². The van der Waals surface area contributed by atoms with Gasteiger partial charge in [0, 0.05) is 16.8 Å². The molecule has 0 aliphatic carbocycles. The Morgan fingerprint density at radius 1 is 0.571 bits per heavy atom. The Kier molecular flexibility index (Phi) is 6.11. The minimum atomic E-state index is 0.741. The average Bonchev–Trinajstić information content (AvgIpc) is 2.93. The van der Waals surface area contributed by atoms with Gasteiger partial charge >= 0.3 is 0 Å². The highest BCUT2D eigenvalue weighted by Gasteiger charge is 2.12. The molecule has 0 aliphatic rings. The number of nitrogens with zero attached hydrogens (tertiary/aromatic N) is 1. The third-order valence-corrected chi connectivity index (χ3v) is 6.09. The number of allylic oxidation sites excluding steroid dienone is 2. The van der Waals surface area contributed by atoms with E-state index in [4.69, 9.17) is 10.7 Å². The van der Waals surface area contributed by atoms with Gasteiger partial charge in [0.2, 0.25) is 0 Å². The van der Waals surface area contributed by atoms with E-state index >= 15 is 0 Å². The van der Waals surface area contributed by atoms with E-state index in [9.17, 15) is 0 Å². The Morgan fingerprint density at radius 2 is 1.09 bits per heavy atom. The molecule has 35 heavy (non-hydrogen) atoms. The molecule has 5 rings (SSSR count). The van der Waals surface area contributed by atoms with Gasteiger partial charge in [-0.1, -0.05) is 92.0 Å². The third kappa shape index (κ3) is 4.83. The molecule has 0 radical (unpaired) electrons. The van der Waals surface area contributed by atoms with Gasteiger partial charge in [-0.2, -0.15) is 0 Å². The minimum absolute atomic E-state index is 0.741. The summed E-state index contributed by atoms with van der Waals surface area (Å²) < 4.78 is 0. The molecule has 2 heteroatoms. The maximum Gasteiger partial charge on any atom is 0.0716 e. The second-order valence-electron chi connectivity index (χ2n) is 8.51. The zero-order valence-corrected chi connectivity index (χ0v) is 19.5. The van der Waals surface area contributed by atoms with Crippen molar-refractivity contribution in [1.82, 2.24) is 4.98 Å². The van der Waals surface area contributed by atoms with Crippen molar-refractivity contribution in [3.05, 3.63) is 140 Å². The molecule has 1 heterocycles. The van der Waals surface area contributed by atoms with Gasteiger partial charge in [0.15, 0.2) is 0 Å². The number of benzene rings is 4. The summed E-state index contributed by atoms with van der Waals surface area (Å²) in [5, 5.41) is 0. The van der Waals surface area contributed by atoms with E-state index in [1.165, 1.54) is 0 Å². The highest BCUT2D eigenvalue weighted by molar-refractivity contribution is 5.83. The van der Waals surface area contributed by atoms with Crippen LogP contribution in [0.4, 0.5) is 5.69 Å². The molecule has 1 aromatic heterocycles. The van der Waals surface area contributed by atoms with Gasteiger partial charge in [-0.25, -0.2) is 4.98 Å². The molecule has 2 N–H and O–H groups in total. The first-order chi connectivity index (χ1) is 17.1. The Labute approximate surface area is 206 Å². The van der Waals surface area contributed by atoms with Crippen molar-refractivity contribution >= 4 is 11.3 Å². The SMILES string of the molecule is C=CC(=C)c1cc(-c2ccc(N)cc2)cc(-c2cc(-c3ccccc3)cc(-c3ccccc3)n2)c1. The Morgan fingerprint density at radius 3 is 1.71 bits per heavy atom. The Balaban J connectivity index is 1.73. The van der Waals surface area contributed by atoms with Crippen LogP contribution in [-0.2, 0) is 0 Å². The van der Waals surface area contributed by atoms with Crippen LogP contribution >= 0.6 is 0 Å². The van der Waals surface area contributed by atoms with Crippen LogP contribution in [0.2, 0.25) is 0 Å². The van der Waals surface area contributed by atoms with E-state index in [0.29, 0.717) is 0 Å². The number of rotatable bonds is 6. The minimum Gasteiger partial charge on any atom is -0.399 e. The van der Waals surface area contributed by atoms with Crippen LogP contribution in [0.1, 0.15) is 5.56 Å². The predicted molar refractivity (Wildman–Crippen MR) is 150 cm³/mol. The van der Waals surface area contributed by atoms with E-state index in [1.54, 1.807) is 6.08 Å². The molecule has 0 aliphatic heterocycles. The molecule has 0 saturated carbocycles. The molecule has 168 valence electrons. The molecular weight excluding hydrogens is 424 g/mol. The van der Waals surface area contributed by atoms with E-state index < -0.39 is 0 Å². The summed E-state index contributed by atoms with van der Waals surface area (Å²) in [4.78, 5) is 5.10. The first kappa shape index (κ1) is 22.1. The summed E-state index contributed by atoms with van der Waals surface area (Å²) >= 11 is 0. The van der Waals surface area contributed by atoms with Crippen LogP contribution in [-0.4, -0.2) is 4.98 Å². The Bertz CT molecular complexity index is 1440. The number of hydrogen-bond acceptors (Lipinski definition) is 2. The van der Waals surface area contributed by atoms with Crippen molar-refractivity contribution in [3.63, 3.8) is 0 Å². The Hall–Kier alpha value is -4.69. The number of nitrogen functional groups attached to an aromatic ring is 1. The zero-order valence-electron chi connectivity index (χ0n) is 19.5. The van der Waals surface area contributed by atoms with Crippen molar-refractivity contribution in [2.75, 3.05) is 5.73 Å². The largest absolute Gasteiger partial charge is 0.399 e. The van der Waals surface area contributed by atoms with Crippen LogP contribution in [0.5, 0.6) is 0 Å². The van der Waals surface area contributed by atoms with Crippen LogP contribution in [0.25, 0.3) is 50.3 Å². The van der Waals surface area contributed by atoms with Crippen LogP contribution in [0.3, 0.4) is 0 Å². The quantitative estimate of drug-likeness (QED) is 0.208. The highest BCUT2D eigenvalue weighted by Crippen LogP contribution is 2.34. The second-order valence-corrected chi connectivity index (χ2v) is 8.51. The molecule has 0 unspecified atom stereocenters. The lowest BCUT2D eigenvalue weighted by atomic mass is 9.94. The third-order valence-electron chi connectivity index (χ3n) is 6.09. The summed E-state index contributed by atoms with van der Waals surface area (Å²) in [5.74, 6) is 0. The van der Waals surface area contributed by atoms with E-state index in [-0.39, 0.29) is 0 Å². The molecule has 0 fully saturated rings. The summed E-state index contributed by atoms with van der Waals surface area (Å²) in [6.45, 7) is 8.13. The first-order valence-corrected chi connectivity index (χ1v) is 11.6. The van der Waals surface area contributed by atoms with Gasteiger partial charge in [0.1, 0.15) is 0 Å². The van der Waals surface area contributed by atoms with Gasteiger partial charge in [-0.05, 0) is 75.9 Å². The number of pyridine rings is 1. The highest BCUT2D eigenvalue weighted by atomic mass is 14.7. The lowest BCUT2D eigenvalue weighted by Crippen LogP contribution is -1.93. The normalized spacial score (nSPS) is 10.6. The maximum atomic E-state index is 5.93. The fraction of sp³-hybridized carbons (Fsp3) is 0. The zero-order chi connectivity index (χ0) is 24.2. The number of anilines is 1. The fourth-order valence-corrected chi connectivity index (χ4v) is 4.15. The van der Waals surface area contributed by atoms with Crippen molar-refractivity contribution in [1.29, 1.82) is 0 Å². The van der Waals surface area contributed by atoms with Crippen molar-refractivity contribution in [3.8, 4) is 44.8 Å². The molecule has 0 amide bonds. The molecule has 0 bridgehead atoms. The van der Waals surface area contributed by atoms with Gasteiger partial charge in [-0.3, -0.25) is 0 Å². The smallest absolute Gasteiger partial charge is 0.0716 e. The standard InChI is InChI=1S/C33H26N2/c1-3-23(2)27-18-28(25-14-16-31(34)17-15-25)20-30(19-27)33-22-29(24-10-6-4-7-11-24)21-32(35-33)26-12-8-5-9-13-26/h3-22H,1-2,34H2. The van der Waals surface area contributed by atoms with Crippen LogP contribution in [0.15, 0.2) is 134 Å². The molecular formula is C33H26N2. The topological polar surface area (TPSA) is 38.9 Å². The van der Waals surface area contributed by atoms with Crippen molar-refractivity contribution < 1.29 is 0 Å². The fourth-order valence-electron chi connectivity index (χ4n) is 4.15. The van der Waals surface area contributed by atoms with Gasteiger partial charge in [0.05, 0.1) is 11.4 Å². The second kappa shape index (κ2) is 9.66. The van der Waals surface area contributed by atoms with Gasteiger partial charge in [-0.15, -0.1) is 0 Å². The molecule has 2 nitrogen and oxygen atoms in total. The van der Waals surface area contributed by atoms with E-state index in [1.807, 2.05) is 48.5 Å². The summed E-state index contributed by atoms with van der Waals surface area (Å²) in [6.07, 6.45) is 1.79. The average molecular weight is 451 g/mol. The van der Waals surface area contributed by atoms with Crippen molar-refractivity contribution in [2.45, 2.75) is 0 Å². The van der Waals surface area contributed by atoms with Gasteiger partial charge < -0.3 is 5.73 Å². The lowest BCUT2D eigenvalue weighted by Gasteiger charge is -2.14. The van der Waals surface area contributed by atoms with Gasteiger partial charge in [0.25, 0.3) is 0 Å². The molecule has 0 spiro atoms. The monoisotopic (exact) mass is 450 g/mol. The number of nitrogens with two attached hydrogens (primary N) is 1. The lowest BCUT2D eigenvalue weighted by molar-refractivity contribution is 1.32. The van der Waals surface area contributed by atoms with E-state index in [2.05, 4.69) is 79.9 Å². The molecule has 0 atom stereocenters. The summed E-state index contributed by atoms with van der Waals surface area (Å²) in [5.41, 5.74) is 16.9.